The number of hydrazine groups is 1. The molecule has 8 nitrogen and oxygen atoms in total. The molecule has 4 rings (SSSR count). The molecular formula is C23H20N4O4S2. The molecule has 0 bridgehead atoms. The summed E-state index contributed by atoms with van der Waals surface area (Å²) in [6, 6.07) is 18.3. The number of thiazole rings is 1. The number of amides is 3. The number of nitrogens with zero attached hydrogens (tertiary/aromatic N) is 1. The third-order valence-corrected chi connectivity index (χ3v) is 6.80. The second-order valence-electron chi connectivity index (χ2n) is 6.92. The van der Waals surface area contributed by atoms with Gasteiger partial charge in [-0.3, -0.25) is 25.2 Å². The first-order valence-corrected chi connectivity index (χ1v) is 11.9. The predicted octanol–water partition coefficient (Wildman–Crippen LogP) is 3.76. The number of fused-ring (bicyclic) bond motifs is 1. The Labute approximate surface area is 197 Å². The van der Waals surface area contributed by atoms with Crippen molar-refractivity contribution in [3.63, 3.8) is 0 Å². The molecule has 4 aromatic rings. The average Bonchev–Trinajstić information content (AvgIpc) is 3.51. The Bertz CT molecular complexity index is 1220. The van der Waals surface area contributed by atoms with Crippen LogP contribution in [0.2, 0.25) is 0 Å². The molecule has 0 spiro atoms. The summed E-state index contributed by atoms with van der Waals surface area (Å²) in [4.78, 5) is 40.5. The number of aromatic nitrogens is 1. The molecule has 0 saturated carbocycles. The van der Waals surface area contributed by atoms with Crippen LogP contribution < -0.4 is 16.2 Å². The van der Waals surface area contributed by atoms with Gasteiger partial charge in [0.25, 0.3) is 11.8 Å². The Hall–Kier alpha value is -3.63. The van der Waals surface area contributed by atoms with Gasteiger partial charge in [0.1, 0.15) is 0 Å². The number of nitrogens with one attached hydrogen (secondary N) is 3. The highest BCUT2D eigenvalue weighted by Crippen LogP contribution is 2.31. The van der Waals surface area contributed by atoms with E-state index in [-0.39, 0.29) is 18.7 Å². The number of benzene rings is 2. The summed E-state index contributed by atoms with van der Waals surface area (Å²) in [6.45, 7) is 0.113. The number of hydrogen-bond acceptors (Lipinski definition) is 7. The van der Waals surface area contributed by atoms with Crippen molar-refractivity contribution in [2.45, 2.75) is 16.5 Å². The van der Waals surface area contributed by atoms with Gasteiger partial charge in [0.15, 0.2) is 10.1 Å². The normalized spacial score (nSPS) is 10.7. The van der Waals surface area contributed by atoms with Crippen molar-refractivity contribution < 1.29 is 18.8 Å². The van der Waals surface area contributed by atoms with E-state index in [1.807, 2.05) is 30.3 Å². The molecule has 168 valence electrons. The molecule has 3 N–H and O–H groups in total. The summed E-state index contributed by atoms with van der Waals surface area (Å²) in [5.74, 6) is -0.341. The largest absolute Gasteiger partial charge is 0.459 e. The van der Waals surface area contributed by atoms with E-state index in [2.05, 4.69) is 27.2 Å². The smallest absolute Gasteiger partial charge is 0.286 e. The van der Waals surface area contributed by atoms with Crippen LogP contribution in [0, 0.1) is 0 Å². The number of carbonyl (C=O) groups is 3. The lowest BCUT2D eigenvalue weighted by atomic mass is 10.1. The van der Waals surface area contributed by atoms with Crippen molar-refractivity contribution in [1.82, 2.24) is 21.2 Å². The van der Waals surface area contributed by atoms with Crippen LogP contribution in [-0.2, 0) is 10.5 Å². The summed E-state index contributed by atoms with van der Waals surface area (Å²) in [6.07, 6.45) is 1.40. The van der Waals surface area contributed by atoms with Gasteiger partial charge in [0.05, 0.1) is 16.5 Å². The maximum absolute atomic E-state index is 12.3. The third kappa shape index (κ3) is 6.21. The Balaban J connectivity index is 1.18. The number of furan rings is 1. The molecule has 2 aromatic heterocycles. The quantitative estimate of drug-likeness (QED) is 0.261. The van der Waals surface area contributed by atoms with Crippen molar-refractivity contribution >= 4 is 51.0 Å². The zero-order valence-corrected chi connectivity index (χ0v) is 19.0. The monoisotopic (exact) mass is 480 g/mol. The zero-order chi connectivity index (χ0) is 23.0. The third-order valence-electron chi connectivity index (χ3n) is 4.55. The van der Waals surface area contributed by atoms with Crippen LogP contribution in [0.4, 0.5) is 0 Å². The fraction of sp³-hybridized carbons (Fsp3) is 0.130. The van der Waals surface area contributed by atoms with E-state index in [1.165, 1.54) is 12.3 Å². The van der Waals surface area contributed by atoms with Crippen LogP contribution in [0.5, 0.6) is 0 Å². The number of carbonyl (C=O) groups excluding carboxylic acids is 3. The molecule has 0 saturated heterocycles. The second kappa shape index (κ2) is 10.8. The fourth-order valence-electron chi connectivity index (χ4n) is 2.86. The van der Waals surface area contributed by atoms with Crippen molar-refractivity contribution in [3.8, 4) is 0 Å². The molecule has 0 unspecified atom stereocenters. The minimum atomic E-state index is -0.424. The molecule has 0 aliphatic carbocycles. The van der Waals surface area contributed by atoms with E-state index in [0.29, 0.717) is 5.56 Å². The van der Waals surface area contributed by atoms with Gasteiger partial charge in [-0.15, -0.1) is 11.3 Å². The van der Waals surface area contributed by atoms with E-state index < -0.39 is 17.7 Å². The van der Waals surface area contributed by atoms with Crippen LogP contribution in [-0.4, -0.2) is 29.3 Å². The summed E-state index contributed by atoms with van der Waals surface area (Å²) >= 11 is 3.31. The van der Waals surface area contributed by atoms with Crippen LogP contribution in [0.3, 0.4) is 0 Å². The first-order valence-electron chi connectivity index (χ1n) is 10.1. The summed E-state index contributed by atoms with van der Waals surface area (Å²) in [7, 11) is 0. The van der Waals surface area contributed by atoms with Gasteiger partial charge in [-0.2, -0.15) is 0 Å². The Morgan fingerprint density at radius 3 is 2.52 bits per heavy atom. The van der Waals surface area contributed by atoms with E-state index in [9.17, 15) is 14.4 Å². The molecule has 0 radical (unpaired) electrons. The van der Waals surface area contributed by atoms with Crippen LogP contribution in [0.1, 0.15) is 32.9 Å². The lowest BCUT2D eigenvalue weighted by Crippen LogP contribution is -2.42. The van der Waals surface area contributed by atoms with Crippen molar-refractivity contribution in [3.05, 3.63) is 83.8 Å². The second-order valence-corrected chi connectivity index (χ2v) is 9.17. The lowest BCUT2D eigenvalue weighted by molar-refractivity contribution is -0.121. The Kier molecular flexibility index (Phi) is 7.38. The van der Waals surface area contributed by atoms with E-state index in [1.54, 1.807) is 41.3 Å². The molecule has 2 aromatic carbocycles. The minimum absolute atomic E-state index is 0.00859. The van der Waals surface area contributed by atoms with Crippen LogP contribution in [0.25, 0.3) is 10.2 Å². The fourth-order valence-corrected chi connectivity index (χ4v) is 4.88. The summed E-state index contributed by atoms with van der Waals surface area (Å²) in [5.41, 5.74) is 7.20. The standard InChI is InChI=1S/C23H20N4O4S2/c28-20(11-12-24-22(30)18-5-3-13-31-18)26-27-21(29)16-9-7-15(8-10-16)14-32-23-25-17-4-1-2-6-19(17)33-23/h1-10,13H,11-12,14H2,(H,24,30)(H,26,28)(H,27,29). The molecule has 0 atom stereocenters. The van der Waals surface area contributed by atoms with Crippen molar-refractivity contribution in [2.24, 2.45) is 0 Å². The van der Waals surface area contributed by atoms with E-state index in [0.717, 1.165) is 25.9 Å². The maximum atomic E-state index is 12.3. The first kappa shape index (κ1) is 22.6. The molecule has 2 heterocycles. The predicted molar refractivity (Wildman–Crippen MR) is 127 cm³/mol. The summed E-state index contributed by atoms with van der Waals surface area (Å²) < 4.78 is 7.13. The molecule has 33 heavy (non-hydrogen) atoms. The van der Waals surface area contributed by atoms with Crippen LogP contribution in [0.15, 0.2) is 75.7 Å². The van der Waals surface area contributed by atoms with Gasteiger partial charge >= 0.3 is 0 Å². The average molecular weight is 481 g/mol. The van der Waals surface area contributed by atoms with Gasteiger partial charge < -0.3 is 9.73 Å². The molecule has 0 aliphatic rings. The van der Waals surface area contributed by atoms with E-state index >= 15 is 0 Å². The topological polar surface area (TPSA) is 113 Å². The number of para-hydroxylation sites is 1. The van der Waals surface area contributed by atoms with Gasteiger partial charge in [-0.25, -0.2) is 4.98 Å². The maximum Gasteiger partial charge on any atom is 0.286 e. The molecule has 0 aliphatic heterocycles. The number of hydrogen-bond donors (Lipinski definition) is 3. The van der Waals surface area contributed by atoms with Gasteiger partial charge in [0.2, 0.25) is 5.91 Å². The molecule has 0 fully saturated rings. The Morgan fingerprint density at radius 2 is 1.76 bits per heavy atom. The van der Waals surface area contributed by atoms with E-state index in [4.69, 9.17) is 4.42 Å². The summed E-state index contributed by atoms with van der Waals surface area (Å²) in [5, 5.41) is 2.56. The Morgan fingerprint density at radius 1 is 0.939 bits per heavy atom. The minimum Gasteiger partial charge on any atom is -0.459 e. The number of rotatable bonds is 8. The van der Waals surface area contributed by atoms with Gasteiger partial charge in [-0.05, 0) is 42.0 Å². The molecule has 3 amide bonds. The molecular weight excluding hydrogens is 460 g/mol. The van der Waals surface area contributed by atoms with Crippen molar-refractivity contribution in [2.75, 3.05) is 6.54 Å². The van der Waals surface area contributed by atoms with Crippen LogP contribution >= 0.6 is 23.1 Å². The zero-order valence-electron chi connectivity index (χ0n) is 17.4. The first-order chi connectivity index (χ1) is 16.1. The van der Waals surface area contributed by atoms with Crippen molar-refractivity contribution in [1.29, 1.82) is 0 Å². The lowest BCUT2D eigenvalue weighted by Gasteiger charge is -2.08. The number of thioether (sulfide) groups is 1. The SMILES string of the molecule is O=C(CCNC(=O)c1ccco1)NNC(=O)c1ccc(CSc2nc3ccccc3s2)cc1. The highest BCUT2D eigenvalue weighted by Gasteiger charge is 2.11. The van der Waals surface area contributed by atoms with Gasteiger partial charge in [0, 0.05) is 24.3 Å². The highest BCUT2D eigenvalue weighted by molar-refractivity contribution is 8.00. The van der Waals surface area contributed by atoms with Gasteiger partial charge in [-0.1, -0.05) is 36.0 Å². The highest BCUT2D eigenvalue weighted by atomic mass is 32.2. The molecule has 10 heteroatoms.